The fourth-order valence-electron chi connectivity index (χ4n) is 2.67. The van der Waals surface area contributed by atoms with Crippen LogP contribution in [0, 0.1) is 11.3 Å². The first-order valence-corrected chi connectivity index (χ1v) is 9.49. The number of amides is 1. The van der Waals surface area contributed by atoms with Crippen molar-refractivity contribution in [1.29, 1.82) is 5.26 Å². The predicted octanol–water partition coefficient (Wildman–Crippen LogP) is 5.18. The summed E-state index contributed by atoms with van der Waals surface area (Å²) >= 11 is 3.42. The fraction of sp³-hybridized carbons (Fsp3) is 0.0909. The minimum atomic E-state index is -0.472. The van der Waals surface area contributed by atoms with Crippen LogP contribution in [0.15, 0.2) is 76.9 Å². The number of anilines is 1. The lowest BCUT2D eigenvalue weighted by Gasteiger charge is -2.09. The van der Waals surface area contributed by atoms with Crippen LogP contribution < -0.4 is 10.1 Å². The summed E-state index contributed by atoms with van der Waals surface area (Å²) in [5, 5.41) is 12.2. The molecular formula is C22H18BrN3O2. The maximum atomic E-state index is 12.6. The second-order valence-corrected chi connectivity index (χ2v) is 6.78. The van der Waals surface area contributed by atoms with Gasteiger partial charge in [-0.05, 0) is 61.5 Å². The number of hydrogen-bond donors (Lipinski definition) is 1. The second-order valence-electron chi connectivity index (χ2n) is 5.86. The van der Waals surface area contributed by atoms with E-state index in [9.17, 15) is 10.1 Å². The lowest BCUT2D eigenvalue weighted by Crippen LogP contribution is -2.13. The van der Waals surface area contributed by atoms with Gasteiger partial charge in [0.15, 0.2) is 0 Å². The Balaban J connectivity index is 1.84. The molecule has 0 aliphatic heterocycles. The number of aromatic nitrogens is 1. The summed E-state index contributed by atoms with van der Waals surface area (Å²) < 4.78 is 8.32. The van der Waals surface area contributed by atoms with Crippen LogP contribution in [-0.2, 0) is 4.79 Å². The number of nitriles is 1. The molecule has 0 saturated heterocycles. The van der Waals surface area contributed by atoms with E-state index in [2.05, 4.69) is 21.2 Å². The highest BCUT2D eigenvalue weighted by Crippen LogP contribution is 2.20. The van der Waals surface area contributed by atoms with E-state index in [1.54, 1.807) is 24.3 Å². The minimum Gasteiger partial charge on any atom is -0.494 e. The molecule has 0 radical (unpaired) electrons. The van der Waals surface area contributed by atoms with Crippen molar-refractivity contribution in [2.24, 2.45) is 0 Å². The van der Waals surface area contributed by atoms with Gasteiger partial charge in [-0.15, -0.1) is 0 Å². The van der Waals surface area contributed by atoms with Crippen LogP contribution in [-0.4, -0.2) is 17.1 Å². The molecule has 1 heterocycles. The largest absolute Gasteiger partial charge is 0.494 e. The van der Waals surface area contributed by atoms with E-state index in [4.69, 9.17) is 4.74 Å². The molecule has 0 spiro atoms. The number of carbonyl (C=O) groups excluding carboxylic acids is 1. The van der Waals surface area contributed by atoms with Crippen molar-refractivity contribution in [3.05, 3.63) is 82.6 Å². The lowest BCUT2D eigenvalue weighted by molar-refractivity contribution is -0.112. The van der Waals surface area contributed by atoms with Crippen LogP contribution in [0.3, 0.4) is 0 Å². The molecule has 6 heteroatoms. The smallest absolute Gasteiger partial charge is 0.266 e. The van der Waals surface area contributed by atoms with Gasteiger partial charge in [-0.1, -0.05) is 22.0 Å². The van der Waals surface area contributed by atoms with E-state index in [0.29, 0.717) is 18.0 Å². The van der Waals surface area contributed by atoms with Crippen molar-refractivity contribution in [3.63, 3.8) is 0 Å². The van der Waals surface area contributed by atoms with Gasteiger partial charge in [-0.2, -0.15) is 5.26 Å². The molecule has 3 rings (SSSR count). The Hall–Kier alpha value is -3.30. The highest BCUT2D eigenvalue weighted by atomic mass is 79.9. The van der Waals surface area contributed by atoms with Gasteiger partial charge in [-0.3, -0.25) is 4.79 Å². The summed E-state index contributed by atoms with van der Waals surface area (Å²) in [6, 6.07) is 20.5. The van der Waals surface area contributed by atoms with E-state index in [1.807, 2.05) is 66.2 Å². The molecule has 5 nitrogen and oxygen atoms in total. The minimum absolute atomic E-state index is 0.0128. The summed E-state index contributed by atoms with van der Waals surface area (Å²) in [6.45, 7) is 2.43. The van der Waals surface area contributed by atoms with Crippen molar-refractivity contribution in [3.8, 4) is 17.5 Å². The summed E-state index contributed by atoms with van der Waals surface area (Å²) in [5.74, 6) is 0.187. The van der Waals surface area contributed by atoms with Gasteiger partial charge >= 0.3 is 0 Å². The van der Waals surface area contributed by atoms with Crippen LogP contribution >= 0.6 is 15.9 Å². The number of benzene rings is 2. The Morgan fingerprint density at radius 3 is 2.71 bits per heavy atom. The lowest BCUT2D eigenvalue weighted by atomic mass is 10.2. The number of ether oxygens (including phenoxy) is 1. The molecular weight excluding hydrogens is 418 g/mol. The highest BCUT2D eigenvalue weighted by Gasteiger charge is 2.12. The summed E-state index contributed by atoms with van der Waals surface area (Å²) in [4.78, 5) is 12.6. The first-order valence-electron chi connectivity index (χ1n) is 8.70. The van der Waals surface area contributed by atoms with Gasteiger partial charge in [0.05, 0.1) is 6.61 Å². The van der Waals surface area contributed by atoms with E-state index < -0.39 is 5.91 Å². The standard InChI is InChI=1S/C22H18BrN3O2/c1-2-28-21-7-3-5-18(14-21)25-22(27)16(15-24)13-20-6-4-12-26(20)19-10-8-17(23)9-11-19/h3-14H,2H2,1H3,(H,25,27)/b16-13-. The predicted molar refractivity (Wildman–Crippen MR) is 113 cm³/mol. The first kappa shape index (κ1) is 19.5. The Bertz CT molecular complexity index is 1050. The number of nitrogens with zero attached hydrogens (tertiary/aromatic N) is 2. The molecule has 3 aromatic rings. The van der Waals surface area contributed by atoms with Crippen LogP contribution in [0.4, 0.5) is 5.69 Å². The van der Waals surface area contributed by atoms with Crippen molar-refractivity contribution in [2.45, 2.75) is 6.92 Å². The Morgan fingerprint density at radius 1 is 1.21 bits per heavy atom. The summed E-state index contributed by atoms with van der Waals surface area (Å²) in [6.07, 6.45) is 3.46. The Morgan fingerprint density at radius 2 is 2.00 bits per heavy atom. The average molecular weight is 436 g/mol. The third-order valence-electron chi connectivity index (χ3n) is 3.95. The molecule has 2 aromatic carbocycles. The molecule has 0 aliphatic carbocycles. The maximum Gasteiger partial charge on any atom is 0.266 e. The molecule has 28 heavy (non-hydrogen) atoms. The molecule has 0 saturated carbocycles. The third kappa shape index (κ3) is 4.70. The van der Waals surface area contributed by atoms with Gasteiger partial charge in [0.25, 0.3) is 5.91 Å². The molecule has 0 fully saturated rings. The number of nitrogens with one attached hydrogen (secondary N) is 1. The zero-order valence-corrected chi connectivity index (χ0v) is 16.8. The van der Waals surface area contributed by atoms with Crippen LogP contribution in [0.2, 0.25) is 0 Å². The zero-order valence-electron chi connectivity index (χ0n) is 15.2. The van der Waals surface area contributed by atoms with Gasteiger partial charge < -0.3 is 14.6 Å². The van der Waals surface area contributed by atoms with Crippen LogP contribution in [0.5, 0.6) is 5.75 Å². The number of halogens is 1. The maximum absolute atomic E-state index is 12.6. The average Bonchev–Trinajstić information content (AvgIpc) is 3.15. The first-order chi connectivity index (χ1) is 13.6. The zero-order chi connectivity index (χ0) is 19.9. The molecule has 140 valence electrons. The van der Waals surface area contributed by atoms with E-state index in [-0.39, 0.29) is 5.57 Å². The van der Waals surface area contributed by atoms with Gasteiger partial charge in [0, 0.05) is 33.8 Å². The van der Waals surface area contributed by atoms with Crippen LogP contribution in [0.25, 0.3) is 11.8 Å². The van der Waals surface area contributed by atoms with Crippen molar-refractivity contribution >= 4 is 33.6 Å². The monoisotopic (exact) mass is 435 g/mol. The van der Waals surface area contributed by atoms with Crippen molar-refractivity contribution in [2.75, 3.05) is 11.9 Å². The van der Waals surface area contributed by atoms with E-state index >= 15 is 0 Å². The van der Waals surface area contributed by atoms with Gasteiger partial charge in [-0.25, -0.2) is 0 Å². The summed E-state index contributed by atoms with van der Waals surface area (Å²) in [5.41, 5.74) is 2.25. The van der Waals surface area contributed by atoms with Gasteiger partial charge in [0.2, 0.25) is 0 Å². The Labute approximate surface area is 172 Å². The highest BCUT2D eigenvalue weighted by molar-refractivity contribution is 9.10. The molecule has 1 amide bonds. The van der Waals surface area contributed by atoms with Crippen molar-refractivity contribution in [1.82, 2.24) is 4.57 Å². The number of carbonyl (C=O) groups is 1. The number of hydrogen-bond acceptors (Lipinski definition) is 3. The van der Waals surface area contributed by atoms with Crippen molar-refractivity contribution < 1.29 is 9.53 Å². The quantitative estimate of drug-likeness (QED) is 0.428. The van der Waals surface area contributed by atoms with Gasteiger partial charge in [0.1, 0.15) is 17.4 Å². The number of rotatable bonds is 6. The van der Waals surface area contributed by atoms with E-state index in [1.165, 1.54) is 0 Å². The fourth-order valence-corrected chi connectivity index (χ4v) is 2.94. The third-order valence-corrected chi connectivity index (χ3v) is 4.47. The molecule has 0 bridgehead atoms. The molecule has 0 unspecified atom stereocenters. The molecule has 1 N–H and O–H groups in total. The Kier molecular flexibility index (Phi) is 6.30. The molecule has 0 aliphatic rings. The topological polar surface area (TPSA) is 67.0 Å². The molecule has 1 aromatic heterocycles. The molecule has 0 atom stereocenters. The normalized spacial score (nSPS) is 11.0. The second kappa shape index (κ2) is 9.07. The van der Waals surface area contributed by atoms with Crippen LogP contribution in [0.1, 0.15) is 12.6 Å². The SMILES string of the molecule is CCOc1cccc(NC(=O)/C(C#N)=C\c2cccn2-c2ccc(Br)cc2)c1. The summed E-state index contributed by atoms with van der Waals surface area (Å²) in [7, 11) is 0. The van der Waals surface area contributed by atoms with E-state index in [0.717, 1.165) is 15.9 Å².